The molecule has 0 aromatic heterocycles. The lowest BCUT2D eigenvalue weighted by atomic mass is 9.89. The summed E-state index contributed by atoms with van der Waals surface area (Å²) < 4.78 is 0. The zero-order valence-electron chi connectivity index (χ0n) is 16.5. The molecule has 0 radical (unpaired) electrons. The number of rotatable bonds is 4. The van der Waals surface area contributed by atoms with Crippen molar-refractivity contribution in [3.05, 3.63) is 77.3 Å². The minimum atomic E-state index is 0.0753. The topological polar surface area (TPSA) is 12.0 Å². The Labute approximate surface area is 154 Å². The van der Waals surface area contributed by atoms with E-state index in [-0.39, 0.29) is 11.5 Å². The van der Waals surface area contributed by atoms with Crippen LogP contribution in [0.15, 0.2) is 77.3 Å². The van der Waals surface area contributed by atoms with Gasteiger partial charge in [-0.15, -0.1) is 5.73 Å². The SMILES string of the molecule is C=C(NC1C=CCC(C/C2=C/C(C)=CCC=C=C2)C(C)=C1)C(C)(C)C. The molecule has 0 heterocycles. The van der Waals surface area contributed by atoms with Gasteiger partial charge in [0.05, 0.1) is 6.04 Å². The standard InChI is InChI=1S/C24H33N/c1-18-11-8-7-9-12-21(15-18)17-22-13-10-14-23(16-19(22)2)25-20(3)24(4,5)6/h7,10-12,14-16,22-23,25H,3,8,13,17H2,1-2,4-6H3/b18-11?,21-15+. The molecule has 0 fully saturated rings. The van der Waals surface area contributed by atoms with Crippen molar-refractivity contribution in [2.45, 2.75) is 59.9 Å². The quantitative estimate of drug-likeness (QED) is 0.462. The average Bonchev–Trinajstić information content (AvgIpc) is 2.65. The summed E-state index contributed by atoms with van der Waals surface area (Å²) in [5.74, 6) is 0.544. The van der Waals surface area contributed by atoms with Crippen LogP contribution in [0, 0.1) is 11.3 Å². The van der Waals surface area contributed by atoms with Crippen molar-refractivity contribution in [1.29, 1.82) is 0 Å². The van der Waals surface area contributed by atoms with Gasteiger partial charge in [-0.2, -0.15) is 0 Å². The molecule has 25 heavy (non-hydrogen) atoms. The summed E-state index contributed by atoms with van der Waals surface area (Å²) in [6.45, 7) is 15.2. The zero-order chi connectivity index (χ0) is 18.4. The van der Waals surface area contributed by atoms with Gasteiger partial charge in [0.1, 0.15) is 0 Å². The van der Waals surface area contributed by atoms with Gasteiger partial charge in [0.15, 0.2) is 0 Å². The molecule has 134 valence electrons. The maximum atomic E-state index is 4.21. The highest BCUT2D eigenvalue weighted by molar-refractivity contribution is 5.33. The third-order valence-electron chi connectivity index (χ3n) is 4.94. The third-order valence-corrected chi connectivity index (χ3v) is 4.94. The normalized spacial score (nSPS) is 25.9. The van der Waals surface area contributed by atoms with Crippen LogP contribution in [0.25, 0.3) is 0 Å². The van der Waals surface area contributed by atoms with E-state index in [4.69, 9.17) is 0 Å². The van der Waals surface area contributed by atoms with Crippen LogP contribution in [0.3, 0.4) is 0 Å². The second-order valence-electron chi connectivity index (χ2n) is 8.29. The van der Waals surface area contributed by atoms with Gasteiger partial charge in [-0.05, 0) is 56.8 Å². The summed E-state index contributed by atoms with van der Waals surface area (Å²) in [7, 11) is 0. The molecule has 0 spiro atoms. The summed E-state index contributed by atoms with van der Waals surface area (Å²) in [6, 6.07) is 0.236. The average molecular weight is 336 g/mol. The molecule has 2 aliphatic carbocycles. The van der Waals surface area contributed by atoms with Crippen LogP contribution in [-0.4, -0.2) is 6.04 Å². The van der Waals surface area contributed by atoms with Crippen molar-refractivity contribution >= 4 is 0 Å². The van der Waals surface area contributed by atoms with Crippen molar-refractivity contribution in [1.82, 2.24) is 5.32 Å². The summed E-state index contributed by atoms with van der Waals surface area (Å²) in [4.78, 5) is 0. The van der Waals surface area contributed by atoms with Gasteiger partial charge in [0.25, 0.3) is 0 Å². The van der Waals surface area contributed by atoms with Gasteiger partial charge >= 0.3 is 0 Å². The van der Waals surface area contributed by atoms with E-state index >= 15 is 0 Å². The van der Waals surface area contributed by atoms with Crippen LogP contribution in [0.5, 0.6) is 0 Å². The van der Waals surface area contributed by atoms with Crippen molar-refractivity contribution in [2.75, 3.05) is 0 Å². The molecular weight excluding hydrogens is 302 g/mol. The first kappa shape index (κ1) is 19.3. The molecule has 0 aliphatic heterocycles. The molecule has 2 atom stereocenters. The largest absolute Gasteiger partial charge is 0.379 e. The Kier molecular flexibility index (Phi) is 6.51. The van der Waals surface area contributed by atoms with E-state index < -0.39 is 0 Å². The highest BCUT2D eigenvalue weighted by Gasteiger charge is 2.19. The Morgan fingerprint density at radius 2 is 2.08 bits per heavy atom. The number of allylic oxidation sites excluding steroid dienone is 8. The first-order valence-corrected chi connectivity index (χ1v) is 9.35. The highest BCUT2D eigenvalue weighted by Crippen LogP contribution is 2.29. The van der Waals surface area contributed by atoms with E-state index in [0.717, 1.165) is 25.0 Å². The predicted molar refractivity (Wildman–Crippen MR) is 110 cm³/mol. The molecule has 0 aromatic carbocycles. The Balaban J connectivity index is 2.10. The van der Waals surface area contributed by atoms with Crippen LogP contribution in [-0.2, 0) is 0 Å². The molecule has 0 saturated heterocycles. The summed E-state index contributed by atoms with van der Waals surface area (Å²) >= 11 is 0. The molecule has 2 unspecified atom stereocenters. The molecule has 0 bridgehead atoms. The first-order chi connectivity index (χ1) is 11.8. The van der Waals surface area contributed by atoms with Gasteiger partial charge in [0, 0.05) is 11.1 Å². The van der Waals surface area contributed by atoms with Gasteiger partial charge in [-0.25, -0.2) is 0 Å². The van der Waals surface area contributed by atoms with Crippen LogP contribution in [0.1, 0.15) is 53.9 Å². The Morgan fingerprint density at radius 1 is 1.32 bits per heavy atom. The van der Waals surface area contributed by atoms with Crippen molar-refractivity contribution < 1.29 is 0 Å². The molecule has 0 aromatic rings. The van der Waals surface area contributed by atoms with Crippen LogP contribution < -0.4 is 5.32 Å². The van der Waals surface area contributed by atoms with Crippen molar-refractivity contribution in [3.8, 4) is 0 Å². The summed E-state index contributed by atoms with van der Waals surface area (Å²) in [5.41, 5.74) is 8.62. The number of hydrogen-bond acceptors (Lipinski definition) is 1. The summed E-state index contributed by atoms with van der Waals surface area (Å²) in [5, 5.41) is 3.57. The Morgan fingerprint density at radius 3 is 2.80 bits per heavy atom. The molecule has 2 rings (SSSR count). The van der Waals surface area contributed by atoms with E-state index in [1.54, 1.807) is 0 Å². The zero-order valence-corrected chi connectivity index (χ0v) is 16.5. The Bertz CT molecular complexity index is 682. The first-order valence-electron chi connectivity index (χ1n) is 9.35. The summed E-state index contributed by atoms with van der Waals surface area (Å²) in [6.07, 6.45) is 18.9. The van der Waals surface area contributed by atoms with Crippen LogP contribution in [0.4, 0.5) is 0 Å². The highest BCUT2D eigenvalue weighted by atomic mass is 14.9. The van der Waals surface area contributed by atoms with E-state index in [2.05, 4.69) is 94.8 Å². The predicted octanol–water partition coefficient (Wildman–Crippen LogP) is 6.40. The molecule has 1 heteroatoms. The van der Waals surface area contributed by atoms with Gasteiger partial charge in [-0.3, -0.25) is 0 Å². The van der Waals surface area contributed by atoms with Gasteiger partial charge in [0.2, 0.25) is 0 Å². The molecule has 1 N–H and O–H groups in total. The van der Waals surface area contributed by atoms with E-state index in [1.807, 2.05) is 0 Å². The maximum Gasteiger partial charge on any atom is 0.0628 e. The third kappa shape index (κ3) is 6.11. The number of hydrogen-bond donors (Lipinski definition) is 1. The number of nitrogens with one attached hydrogen (secondary N) is 1. The smallest absolute Gasteiger partial charge is 0.0628 e. The molecule has 2 aliphatic rings. The monoisotopic (exact) mass is 335 g/mol. The van der Waals surface area contributed by atoms with Gasteiger partial charge < -0.3 is 5.32 Å². The second-order valence-corrected chi connectivity index (χ2v) is 8.29. The lowest BCUT2D eigenvalue weighted by molar-refractivity contribution is 0.459. The molecule has 1 nitrogen and oxygen atoms in total. The second kappa shape index (κ2) is 8.41. The van der Waals surface area contributed by atoms with Gasteiger partial charge in [-0.1, -0.05) is 68.9 Å². The molecule has 0 amide bonds. The minimum absolute atomic E-state index is 0.0753. The van der Waals surface area contributed by atoms with Crippen LogP contribution in [0.2, 0.25) is 0 Å². The van der Waals surface area contributed by atoms with E-state index in [1.165, 1.54) is 16.7 Å². The lowest BCUT2D eigenvalue weighted by Gasteiger charge is -2.26. The van der Waals surface area contributed by atoms with E-state index in [0.29, 0.717) is 5.92 Å². The Hall–Kier alpha value is -1.98. The van der Waals surface area contributed by atoms with E-state index in [9.17, 15) is 0 Å². The van der Waals surface area contributed by atoms with Crippen molar-refractivity contribution in [3.63, 3.8) is 0 Å². The fourth-order valence-electron chi connectivity index (χ4n) is 3.08. The minimum Gasteiger partial charge on any atom is -0.379 e. The molecular formula is C24H33N. The fraction of sp³-hybridized carbons (Fsp3) is 0.458. The molecule has 0 saturated carbocycles. The van der Waals surface area contributed by atoms with Crippen LogP contribution >= 0.6 is 0 Å². The fourth-order valence-corrected chi connectivity index (χ4v) is 3.08. The maximum absolute atomic E-state index is 4.21. The van der Waals surface area contributed by atoms with Crippen molar-refractivity contribution in [2.24, 2.45) is 11.3 Å². The lowest BCUT2D eigenvalue weighted by Crippen LogP contribution is -2.30.